The van der Waals surface area contributed by atoms with E-state index in [1.807, 2.05) is 24.3 Å². The van der Waals surface area contributed by atoms with Crippen LogP contribution in [0, 0.1) is 11.2 Å². The molecule has 1 atom stereocenters. The molecule has 1 amide bonds. The molecule has 2 aromatic carbocycles. The van der Waals surface area contributed by atoms with Crippen molar-refractivity contribution < 1.29 is 13.9 Å². The van der Waals surface area contributed by atoms with E-state index >= 15 is 0 Å². The number of ether oxygens (including phenoxy) is 1. The number of piperidine rings is 1. The lowest BCUT2D eigenvalue weighted by Gasteiger charge is -2.32. The molecule has 1 aliphatic carbocycles. The van der Waals surface area contributed by atoms with Crippen LogP contribution >= 0.6 is 0 Å². The molecule has 0 aromatic heterocycles. The summed E-state index contributed by atoms with van der Waals surface area (Å²) in [6.07, 6.45) is 3.63. The van der Waals surface area contributed by atoms with Gasteiger partial charge in [-0.15, -0.1) is 0 Å². The number of halogens is 1. The van der Waals surface area contributed by atoms with Crippen molar-refractivity contribution in [2.45, 2.75) is 31.7 Å². The van der Waals surface area contributed by atoms with Crippen molar-refractivity contribution in [1.29, 1.82) is 0 Å². The van der Waals surface area contributed by atoms with Gasteiger partial charge in [0.05, 0.1) is 5.56 Å². The van der Waals surface area contributed by atoms with Gasteiger partial charge in [0.2, 0.25) is 0 Å². The second-order valence-corrected chi connectivity index (χ2v) is 7.89. The van der Waals surface area contributed by atoms with E-state index in [1.54, 1.807) is 4.90 Å². The van der Waals surface area contributed by atoms with Gasteiger partial charge in [-0.05, 0) is 73.5 Å². The van der Waals surface area contributed by atoms with Crippen molar-refractivity contribution >= 4 is 5.91 Å². The quantitative estimate of drug-likeness (QED) is 0.831. The Hall–Kier alpha value is -2.44. The van der Waals surface area contributed by atoms with Gasteiger partial charge in [0.25, 0.3) is 5.91 Å². The minimum atomic E-state index is -0.529. The lowest BCUT2D eigenvalue weighted by atomic mass is 9.92. The molecule has 1 aliphatic heterocycles. The zero-order chi connectivity index (χ0) is 19.7. The number of rotatable bonds is 5. The molecule has 4 rings (SSSR count). The van der Waals surface area contributed by atoms with E-state index in [0.717, 1.165) is 31.2 Å². The Kier molecular flexibility index (Phi) is 5.08. The standard InChI is InChI=1S/C22H26FN3O2/c23-19-6-5-17(28-16-3-1-15(2-4-16)7-10-24)13-18(19)21(27)26-11-8-22(9-12-26)14-20(22)25/h1-6,13,20H,7-12,14,24-25H2. The number of likely N-dealkylation sites (tertiary alicyclic amines) is 1. The summed E-state index contributed by atoms with van der Waals surface area (Å²) in [5.74, 6) is 0.256. The molecule has 1 spiro atoms. The summed E-state index contributed by atoms with van der Waals surface area (Å²) in [5, 5.41) is 0. The van der Waals surface area contributed by atoms with Crippen LogP contribution in [-0.4, -0.2) is 36.5 Å². The van der Waals surface area contributed by atoms with Crippen LogP contribution in [0.2, 0.25) is 0 Å². The monoisotopic (exact) mass is 383 g/mol. The highest BCUT2D eigenvalue weighted by Gasteiger charge is 2.53. The fraction of sp³-hybridized carbons (Fsp3) is 0.409. The predicted molar refractivity (Wildman–Crippen MR) is 106 cm³/mol. The number of carbonyl (C=O) groups is 1. The fourth-order valence-electron chi connectivity index (χ4n) is 4.04. The molecule has 2 aromatic rings. The van der Waals surface area contributed by atoms with Gasteiger partial charge in [0.15, 0.2) is 0 Å². The van der Waals surface area contributed by atoms with E-state index in [1.165, 1.54) is 18.2 Å². The maximum Gasteiger partial charge on any atom is 0.256 e. The molecule has 28 heavy (non-hydrogen) atoms. The Morgan fingerprint density at radius 2 is 1.79 bits per heavy atom. The number of carbonyl (C=O) groups excluding carboxylic acids is 1. The normalized spacial score (nSPS) is 20.2. The first kappa shape index (κ1) is 18.9. The Morgan fingerprint density at radius 3 is 2.39 bits per heavy atom. The second kappa shape index (κ2) is 7.53. The molecule has 1 saturated heterocycles. The summed E-state index contributed by atoms with van der Waals surface area (Å²) >= 11 is 0. The topological polar surface area (TPSA) is 81.6 Å². The van der Waals surface area contributed by atoms with E-state index in [9.17, 15) is 9.18 Å². The number of benzene rings is 2. The van der Waals surface area contributed by atoms with Crippen LogP contribution in [0.5, 0.6) is 11.5 Å². The zero-order valence-corrected chi connectivity index (χ0v) is 15.9. The highest BCUT2D eigenvalue weighted by molar-refractivity contribution is 5.95. The van der Waals surface area contributed by atoms with Gasteiger partial charge in [-0.1, -0.05) is 12.1 Å². The molecule has 1 heterocycles. The van der Waals surface area contributed by atoms with E-state index in [4.69, 9.17) is 16.2 Å². The molecule has 1 unspecified atom stereocenters. The zero-order valence-electron chi connectivity index (χ0n) is 15.9. The van der Waals surface area contributed by atoms with Gasteiger partial charge in [-0.25, -0.2) is 4.39 Å². The Balaban J connectivity index is 1.45. The minimum absolute atomic E-state index is 0.0493. The van der Waals surface area contributed by atoms with Gasteiger partial charge in [-0.2, -0.15) is 0 Å². The van der Waals surface area contributed by atoms with Gasteiger partial charge in [-0.3, -0.25) is 4.79 Å². The van der Waals surface area contributed by atoms with Crippen LogP contribution in [0.4, 0.5) is 4.39 Å². The van der Waals surface area contributed by atoms with Crippen molar-refractivity contribution in [1.82, 2.24) is 4.90 Å². The van der Waals surface area contributed by atoms with E-state index in [-0.39, 0.29) is 22.9 Å². The number of nitrogens with zero attached hydrogens (tertiary/aromatic N) is 1. The van der Waals surface area contributed by atoms with Gasteiger partial charge in [0, 0.05) is 19.1 Å². The van der Waals surface area contributed by atoms with Gasteiger partial charge in [0.1, 0.15) is 17.3 Å². The summed E-state index contributed by atoms with van der Waals surface area (Å²) < 4.78 is 20.2. The number of hydrogen-bond donors (Lipinski definition) is 2. The maximum absolute atomic E-state index is 14.3. The first-order chi connectivity index (χ1) is 13.5. The molecular weight excluding hydrogens is 357 g/mol. The molecule has 0 radical (unpaired) electrons. The van der Waals surface area contributed by atoms with E-state index in [2.05, 4.69) is 0 Å². The third-order valence-electron chi connectivity index (χ3n) is 6.06. The number of nitrogens with two attached hydrogens (primary N) is 2. The SMILES string of the molecule is NCCc1ccc(Oc2ccc(F)c(C(=O)N3CCC4(CC3)CC4N)c2)cc1. The lowest BCUT2D eigenvalue weighted by Crippen LogP contribution is -2.40. The molecule has 6 heteroatoms. The molecule has 1 saturated carbocycles. The van der Waals surface area contributed by atoms with Gasteiger partial charge >= 0.3 is 0 Å². The number of hydrogen-bond acceptors (Lipinski definition) is 4. The van der Waals surface area contributed by atoms with Crippen molar-refractivity contribution in [2.75, 3.05) is 19.6 Å². The van der Waals surface area contributed by atoms with Crippen molar-refractivity contribution in [2.24, 2.45) is 16.9 Å². The summed E-state index contributed by atoms with van der Waals surface area (Å²) in [6, 6.07) is 12.2. The van der Waals surface area contributed by atoms with Crippen LogP contribution in [0.1, 0.15) is 35.2 Å². The Bertz CT molecular complexity index is 861. The summed E-state index contributed by atoms with van der Waals surface area (Å²) in [6.45, 7) is 1.84. The maximum atomic E-state index is 14.3. The predicted octanol–water partition coefficient (Wildman–Crippen LogP) is 3.07. The molecule has 2 fully saturated rings. The largest absolute Gasteiger partial charge is 0.457 e. The third-order valence-corrected chi connectivity index (χ3v) is 6.06. The van der Waals surface area contributed by atoms with Gasteiger partial charge < -0.3 is 21.1 Å². The Labute approximate surface area is 164 Å². The highest BCUT2D eigenvalue weighted by atomic mass is 19.1. The number of amides is 1. The van der Waals surface area contributed by atoms with Crippen molar-refractivity contribution in [3.8, 4) is 11.5 Å². The molecule has 5 nitrogen and oxygen atoms in total. The van der Waals surface area contributed by atoms with Crippen LogP contribution in [0.15, 0.2) is 42.5 Å². The van der Waals surface area contributed by atoms with Crippen LogP contribution in [0.25, 0.3) is 0 Å². The third kappa shape index (κ3) is 3.75. The molecule has 148 valence electrons. The fourth-order valence-corrected chi connectivity index (χ4v) is 4.04. The summed E-state index contributed by atoms with van der Waals surface area (Å²) in [4.78, 5) is 14.6. The average Bonchev–Trinajstić information content (AvgIpc) is 3.33. The van der Waals surface area contributed by atoms with E-state index < -0.39 is 5.82 Å². The average molecular weight is 383 g/mol. The summed E-state index contributed by atoms with van der Waals surface area (Å²) in [7, 11) is 0. The molecular formula is C22H26FN3O2. The van der Waals surface area contributed by atoms with Crippen LogP contribution in [-0.2, 0) is 6.42 Å². The minimum Gasteiger partial charge on any atom is -0.457 e. The van der Waals surface area contributed by atoms with Crippen LogP contribution < -0.4 is 16.2 Å². The van der Waals surface area contributed by atoms with E-state index in [0.29, 0.717) is 31.1 Å². The molecule has 4 N–H and O–H groups in total. The molecule has 2 aliphatic rings. The summed E-state index contributed by atoms with van der Waals surface area (Å²) in [5.41, 5.74) is 13.0. The molecule has 0 bridgehead atoms. The van der Waals surface area contributed by atoms with Crippen LogP contribution in [0.3, 0.4) is 0 Å². The van der Waals surface area contributed by atoms with Crippen molar-refractivity contribution in [3.05, 3.63) is 59.4 Å². The highest BCUT2D eigenvalue weighted by Crippen LogP contribution is 2.52. The smallest absolute Gasteiger partial charge is 0.256 e. The van der Waals surface area contributed by atoms with Crippen molar-refractivity contribution in [3.63, 3.8) is 0 Å². The first-order valence-corrected chi connectivity index (χ1v) is 9.82. The lowest BCUT2D eigenvalue weighted by molar-refractivity contribution is 0.0670. The first-order valence-electron chi connectivity index (χ1n) is 9.82. The second-order valence-electron chi connectivity index (χ2n) is 7.89. The Morgan fingerprint density at radius 1 is 1.14 bits per heavy atom.